The molecule has 1 aromatic heterocycles. The molecule has 2 fully saturated rings. The molecular weight excluding hydrogens is 340 g/mol. The minimum absolute atomic E-state index is 0.409. The van der Waals surface area contributed by atoms with Crippen LogP contribution in [0.3, 0.4) is 0 Å². The average Bonchev–Trinajstić information content (AvgIpc) is 3.30. The van der Waals surface area contributed by atoms with Crippen LogP contribution in [0.15, 0.2) is 18.2 Å². The second-order valence-corrected chi connectivity index (χ2v) is 8.14. The molecule has 146 valence electrons. The second kappa shape index (κ2) is 7.89. The zero-order valence-electron chi connectivity index (χ0n) is 16.1. The molecule has 1 aromatic carbocycles. The van der Waals surface area contributed by atoms with Gasteiger partial charge in [-0.05, 0) is 56.7 Å². The molecule has 0 bridgehead atoms. The number of hydrogen-bond acceptors (Lipinski definition) is 4. The van der Waals surface area contributed by atoms with Gasteiger partial charge in [0.25, 0.3) is 0 Å². The van der Waals surface area contributed by atoms with E-state index in [4.69, 9.17) is 15.5 Å². The van der Waals surface area contributed by atoms with Gasteiger partial charge in [0.15, 0.2) is 5.75 Å². The number of rotatable bonds is 5. The molecule has 3 N–H and O–H groups in total. The van der Waals surface area contributed by atoms with Crippen LogP contribution >= 0.6 is 0 Å². The number of benzene rings is 1. The van der Waals surface area contributed by atoms with Crippen molar-refractivity contribution < 1.29 is 9.53 Å². The van der Waals surface area contributed by atoms with Gasteiger partial charge >= 0.3 is 6.09 Å². The van der Waals surface area contributed by atoms with Gasteiger partial charge in [-0.3, -0.25) is 4.90 Å². The highest BCUT2D eigenvalue weighted by atomic mass is 16.5. The largest absolute Gasteiger partial charge is 0.410 e. The predicted octanol–water partition coefficient (Wildman–Crippen LogP) is 4.17. The Morgan fingerprint density at radius 3 is 2.85 bits per heavy atom. The first kappa shape index (κ1) is 18.3. The van der Waals surface area contributed by atoms with Crippen molar-refractivity contribution in [3.05, 3.63) is 24.0 Å². The van der Waals surface area contributed by atoms with E-state index in [1.54, 1.807) is 6.07 Å². The number of ether oxygens (including phenoxy) is 1. The van der Waals surface area contributed by atoms with Crippen LogP contribution in [0.5, 0.6) is 5.75 Å². The predicted molar refractivity (Wildman–Crippen MR) is 106 cm³/mol. The third-order valence-corrected chi connectivity index (χ3v) is 6.34. The number of fused-ring (bicyclic) bond motifs is 1. The molecule has 6 heteroatoms. The Hall–Kier alpha value is -2.08. The molecule has 1 saturated carbocycles. The molecule has 1 unspecified atom stereocenters. The summed E-state index contributed by atoms with van der Waals surface area (Å²) >= 11 is 0. The minimum Gasteiger partial charge on any atom is -0.408 e. The van der Waals surface area contributed by atoms with E-state index in [-0.39, 0.29) is 0 Å². The highest BCUT2D eigenvalue weighted by Crippen LogP contribution is 2.36. The summed E-state index contributed by atoms with van der Waals surface area (Å²) in [7, 11) is 0. The normalized spacial score (nSPS) is 26.5. The second-order valence-electron chi connectivity index (χ2n) is 8.14. The number of H-pyrrole nitrogens is 1. The summed E-state index contributed by atoms with van der Waals surface area (Å²) < 4.78 is 5.10. The summed E-state index contributed by atoms with van der Waals surface area (Å²) in [4.78, 5) is 22.0. The van der Waals surface area contributed by atoms with E-state index in [9.17, 15) is 4.79 Å². The van der Waals surface area contributed by atoms with Gasteiger partial charge in [0.1, 0.15) is 11.3 Å². The summed E-state index contributed by atoms with van der Waals surface area (Å²) in [6.45, 7) is 4.51. The third kappa shape index (κ3) is 3.95. The summed E-state index contributed by atoms with van der Waals surface area (Å²) in [5.74, 6) is 2.77. The zero-order chi connectivity index (χ0) is 18.8. The number of imidazole rings is 1. The summed E-state index contributed by atoms with van der Waals surface area (Å²) in [6.07, 6.45) is 8.48. The first-order valence-electron chi connectivity index (χ1n) is 10.3. The number of carbonyl (C=O) groups is 1. The Balaban J connectivity index is 1.42. The monoisotopic (exact) mass is 370 g/mol. The van der Waals surface area contributed by atoms with Crippen molar-refractivity contribution in [2.75, 3.05) is 13.1 Å². The maximum absolute atomic E-state index is 11.1. The number of primary amides is 1. The van der Waals surface area contributed by atoms with Crippen molar-refractivity contribution in [3.8, 4) is 5.75 Å². The van der Waals surface area contributed by atoms with E-state index in [0.717, 1.165) is 42.8 Å². The van der Waals surface area contributed by atoms with Crippen LogP contribution in [0.4, 0.5) is 4.79 Å². The van der Waals surface area contributed by atoms with Gasteiger partial charge in [0.05, 0.1) is 5.52 Å². The van der Waals surface area contributed by atoms with Crippen LogP contribution in [0.2, 0.25) is 0 Å². The van der Waals surface area contributed by atoms with Crippen LogP contribution in [0.1, 0.15) is 63.6 Å². The van der Waals surface area contributed by atoms with E-state index in [1.807, 2.05) is 12.1 Å². The fraction of sp³-hybridized carbons (Fsp3) is 0.619. The molecule has 1 aliphatic heterocycles. The van der Waals surface area contributed by atoms with Crippen molar-refractivity contribution in [3.63, 3.8) is 0 Å². The SMILES string of the molecule is CCCC1CCC(N2CCC(c3nc4c(OC(N)=O)cccc4[nH]3)C2)CC1. The summed E-state index contributed by atoms with van der Waals surface area (Å²) in [5.41, 5.74) is 6.74. The van der Waals surface area contributed by atoms with Crippen LogP contribution in [-0.4, -0.2) is 40.1 Å². The quantitative estimate of drug-likeness (QED) is 0.827. The Labute approximate surface area is 160 Å². The van der Waals surface area contributed by atoms with Gasteiger partial charge in [0.2, 0.25) is 0 Å². The Kier molecular flexibility index (Phi) is 5.34. The number of aromatic amines is 1. The van der Waals surface area contributed by atoms with Gasteiger partial charge in [-0.1, -0.05) is 25.8 Å². The van der Waals surface area contributed by atoms with Crippen molar-refractivity contribution in [2.45, 2.75) is 63.8 Å². The van der Waals surface area contributed by atoms with Gasteiger partial charge in [-0.2, -0.15) is 0 Å². The lowest BCUT2D eigenvalue weighted by Crippen LogP contribution is -2.36. The molecule has 1 atom stereocenters. The Bertz CT molecular complexity index is 795. The number of aromatic nitrogens is 2. The molecule has 0 radical (unpaired) electrons. The van der Waals surface area contributed by atoms with E-state index >= 15 is 0 Å². The number of carbonyl (C=O) groups excluding carboxylic acids is 1. The molecule has 1 aliphatic carbocycles. The number of amides is 1. The van der Waals surface area contributed by atoms with E-state index in [1.165, 1.54) is 38.5 Å². The van der Waals surface area contributed by atoms with E-state index in [2.05, 4.69) is 16.8 Å². The molecule has 0 spiro atoms. The lowest BCUT2D eigenvalue weighted by molar-refractivity contribution is 0.159. The molecule has 27 heavy (non-hydrogen) atoms. The molecular formula is C21H30N4O2. The summed E-state index contributed by atoms with van der Waals surface area (Å²) in [6, 6.07) is 6.27. The van der Waals surface area contributed by atoms with Gasteiger partial charge in [-0.25, -0.2) is 9.78 Å². The standard InChI is InChI=1S/C21H30N4O2/c1-2-4-14-7-9-16(10-8-14)25-12-11-15(13-25)20-23-17-5-3-6-18(19(17)24-20)27-21(22)26/h3,5-6,14-16H,2,4,7-13H2,1H3,(H2,22,26)(H,23,24). The first-order valence-corrected chi connectivity index (χ1v) is 10.3. The van der Waals surface area contributed by atoms with Crippen molar-refractivity contribution in [2.24, 2.45) is 11.7 Å². The van der Waals surface area contributed by atoms with E-state index in [0.29, 0.717) is 17.2 Å². The number of likely N-dealkylation sites (tertiary alicyclic amines) is 1. The Morgan fingerprint density at radius 2 is 2.11 bits per heavy atom. The topological polar surface area (TPSA) is 84.2 Å². The average molecular weight is 370 g/mol. The molecule has 2 heterocycles. The van der Waals surface area contributed by atoms with Gasteiger partial charge in [-0.15, -0.1) is 0 Å². The summed E-state index contributed by atoms with van der Waals surface area (Å²) in [5, 5.41) is 0. The number of hydrogen-bond donors (Lipinski definition) is 2. The number of para-hydroxylation sites is 1. The maximum atomic E-state index is 11.1. The highest BCUT2D eigenvalue weighted by Gasteiger charge is 2.33. The third-order valence-electron chi connectivity index (χ3n) is 6.34. The fourth-order valence-electron chi connectivity index (χ4n) is 4.96. The van der Waals surface area contributed by atoms with E-state index < -0.39 is 6.09 Å². The highest BCUT2D eigenvalue weighted by molar-refractivity contribution is 5.84. The van der Waals surface area contributed by atoms with Gasteiger partial charge in [0, 0.05) is 18.5 Å². The lowest BCUT2D eigenvalue weighted by Gasteiger charge is -2.34. The molecule has 2 aromatic rings. The fourth-order valence-corrected chi connectivity index (χ4v) is 4.96. The van der Waals surface area contributed by atoms with Crippen molar-refractivity contribution in [1.29, 1.82) is 0 Å². The molecule has 2 aliphatic rings. The van der Waals surface area contributed by atoms with Crippen molar-refractivity contribution >= 4 is 17.1 Å². The van der Waals surface area contributed by atoms with Crippen LogP contribution in [0, 0.1) is 5.92 Å². The number of nitrogens with two attached hydrogens (primary N) is 1. The van der Waals surface area contributed by atoms with Gasteiger partial charge < -0.3 is 15.5 Å². The van der Waals surface area contributed by atoms with Crippen LogP contribution in [-0.2, 0) is 0 Å². The number of nitrogens with one attached hydrogen (secondary N) is 1. The van der Waals surface area contributed by atoms with Crippen molar-refractivity contribution in [1.82, 2.24) is 14.9 Å². The molecule has 1 saturated heterocycles. The zero-order valence-corrected chi connectivity index (χ0v) is 16.1. The smallest absolute Gasteiger partial charge is 0.408 e. The van der Waals surface area contributed by atoms with Crippen LogP contribution < -0.4 is 10.5 Å². The molecule has 6 nitrogen and oxygen atoms in total. The Morgan fingerprint density at radius 1 is 1.30 bits per heavy atom. The number of nitrogens with zero attached hydrogens (tertiary/aromatic N) is 2. The lowest BCUT2D eigenvalue weighted by atomic mass is 9.83. The maximum Gasteiger partial charge on any atom is 0.410 e. The van der Waals surface area contributed by atoms with Crippen LogP contribution in [0.25, 0.3) is 11.0 Å². The molecule has 4 rings (SSSR count). The molecule has 1 amide bonds. The minimum atomic E-state index is -0.808. The first-order chi connectivity index (χ1) is 13.1.